The van der Waals surface area contributed by atoms with Crippen molar-refractivity contribution in [1.82, 2.24) is 9.27 Å². The number of nitrogens with zero attached hydrogens (tertiary/aromatic N) is 2. The number of carbonyl (C=O) groups is 1. The first-order valence-corrected chi connectivity index (χ1v) is 13.1. The van der Waals surface area contributed by atoms with Crippen LogP contribution in [-0.2, 0) is 11.3 Å². The number of carboxylic acid groups (broad SMARTS) is 1. The molecule has 2 atom stereocenters. The van der Waals surface area contributed by atoms with Gasteiger partial charge in [0.05, 0.1) is 21.5 Å². The summed E-state index contributed by atoms with van der Waals surface area (Å²) in [5.74, 6) is 1.23. The van der Waals surface area contributed by atoms with Gasteiger partial charge in [-0.15, -0.1) is 0 Å². The largest absolute Gasteiger partial charge is 0.486 e. The second-order valence-corrected chi connectivity index (χ2v) is 10.4. The summed E-state index contributed by atoms with van der Waals surface area (Å²) in [6.45, 7) is 1.86. The second kappa shape index (κ2) is 9.83. The summed E-state index contributed by atoms with van der Waals surface area (Å²) in [7, 11) is 0. The smallest absolute Gasteiger partial charge is 0.321 e. The molecule has 2 aliphatic rings. The summed E-state index contributed by atoms with van der Waals surface area (Å²) in [4.78, 5) is 13.4. The highest BCUT2D eigenvalue weighted by Gasteiger charge is 2.35. The van der Waals surface area contributed by atoms with Crippen molar-refractivity contribution in [3.05, 3.63) is 65.2 Å². The van der Waals surface area contributed by atoms with Crippen molar-refractivity contribution < 1.29 is 24.5 Å². The first-order valence-electron chi connectivity index (χ1n) is 11.9. The molecule has 0 aliphatic carbocycles. The van der Waals surface area contributed by atoms with Gasteiger partial charge in [0.15, 0.2) is 17.3 Å². The van der Waals surface area contributed by atoms with E-state index in [0.717, 1.165) is 38.2 Å². The number of carboxylic acids is 1. The van der Waals surface area contributed by atoms with Crippen LogP contribution in [0.25, 0.3) is 21.2 Å². The molecule has 0 amide bonds. The maximum Gasteiger partial charge on any atom is 0.321 e. The summed E-state index contributed by atoms with van der Waals surface area (Å²) in [6, 6.07) is 16.9. The number of halogens is 1. The summed E-state index contributed by atoms with van der Waals surface area (Å²) in [6.07, 6.45) is -0.370. The molecule has 3 aromatic carbocycles. The molecule has 4 aromatic rings. The quantitative estimate of drug-likeness (QED) is 0.310. The summed E-state index contributed by atoms with van der Waals surface area (Å²) >= 11 is 8.20. The van der Waals surface area contributed by atoms with E-state index >= 15 is 0 Å². The highest BCUT2D eigenvalue weighted by Crippen LogP contribution is 2.40. The molecule has 0 unspecified atom stereocenters. The van der Waals surface area contributed by atoms with Crippen LogP contribution < -0.4 is 14.8 Å². The third kappa shape index (κ3) is 4.71. The van der Waals surface area contributed by atoms with Gasteiger partial charge in [0.25, 0.3) is 0 Å². The number of aliphatic hydroxyl groups excluding tert-OH is 1. The van der Waals surface area contributed by atoms with Crippen LogP contribution in [0.5, 0.6) is 11.5 Å². The Morgan fingerprint density at radius 1 is 1.14 bits per heavy atom. The number of ether oxygens (including phenoxy) is 2. The highest BCUT2D eigenvalue weighted by molar-refractivity contribution is 7.13. The second-order valence-electron chi connectivity index (χ2n) is 9.19. The molecule has 0 spiro atoms. The SMILES string of the molecule is O=C(O)[C@@H]1C[C@@H](O)CN1Cc1ccc2c(Nc3cccc(-c4ccc5c(c4)OCCO5)c3Cl)nsc2c1. The van der Waals surface area contributed by atoms with E-state index < -0.39 is 18.1 Å². The molecule has 0 saturated carbocycles. The summed E-state index contributed by atoms with van der Waals surface area (Å²) < 4.78 is 16.9. The third-order valence-electron chi connectivity index (χ3n) is 6.69. The van der Waals surface area contributed by atoms with Crippen molar-refractivity contribution in [2.75, 3.05) is 25.1 Å². The fourth-order valence-corrected chi connectivity index (χ4v) is 5.99. The standard InChI is InChI=1S/C27H24ClN3O5S/c28-25-18(16-5-7-22-23(11-16)36-9-8-35-22)2-1-3-20(25)29-26-19-6-4-15(10-24(19)37-30-26)13-31-14-17(32)12-21(31)27(33)34/h1-7,10-11,17,21,32H,8-9,12-14H2,(H,29,30)(H,33,34)/t17-,21+/m1/s1. The third-order valence-corrected chi connectivity index (χ3v) is 7.91. The Bertz CT molecular complexity index is 1490. The van der Waals surface area contributed by atoms with Gasteiger partial charge in [-0.25, -0.2) is 0 Å². The summed E-state index contributed by atoms with van der Waals surface area (Å²) in [5, 5.41) is 24.3. The van der Waals surface area contributed by atoms with Gasteiger partial charge in [-0.2, -0.15) is 4.37 Å². The fourth-order valence-electron chi connectivity index (χ4n) is 4.91. The Labute approximate surface area is 222 Å². The average Bonchev–Trinajstić information content (AvgIpc) is 3.47. The Balaban J connectivity index is 1.24. The van der Waals surface area contributed by atoms with E-state index in [-0.39, 0.29) is 6.42 Å². The number of anilines is 2. The van der Waals surface area contributed by atoms with Gasteiger partial charge >= 0.3 is 5.97 Å². The van der Waals surface area contributed by atoms with Crippen LogP contribution >= 0.6 is 23.1 Å². The zero-order chi connectivity index (χ0) is 25.5. The van der Waals surface area contributed by atoms with Crippen LogP contribution in [0, 0.1) is 0 Å². The Morgan fingerprint density at radius 3 is 2.81 bits per heavy atom. The molecule has 1 aromatic heterocycles. The lowest BCUT2D eigenvalue weighted by molar-refractivity contribution is -0.142. The molecule has 2 aliphatic heterocycles. The van der Waals surface area contributed by atoms with Gasteiger partial charge in [0.2, 0.25) is 0 Å². The molecular formula is C27H24ClN3O5S. The van der Waals surface area contributed by atoms with Crippen LogP contribution in [-0.4, -0.2) is 57.4 Å². The van der Waals surface area contributed by atoms with E-state index in [1.54, 1.807) is 4.90 Å². The number of aliphatic carboxylic acids is 1. The number of likely N-dealkylation sites (tertiary alicyclic amines) is 1. The van der Waals surface area contributed by atoms with Gasteiger partial charge in [0, 0.05) is 30.5 Å². The lowest BCUT2D eigenvalue weighted by Crippen LogP contribution is -2.35. The normalized spacial score (nSPS) is 19.3. The molecular weight excluding hydrogens is 514 g/mol. The van der Waals surface area contributed by atoms with E-state index in [1.165, 1.54) is 11.5 Å². The zero-order valence-corrected chi connectivity index (χ0v) is 21.3. The Kier molecular flexibility index (Phi) is 6.37. The van der Waals surface area contributed by atoms with E-state index in [9.17, 15) is 15.0 Å². The number of hydrogen-bond donors (Lipinski definition) is 3. The maximum absolute atomic E-state index is 11.6. The molecule has 8 nitrogen and oxygen atoms in total. The molecule has 0 radical (unpaired) electrons. The minimum Gasteiger partial charge on any atom is -0.486 e. The number of fused-ring (bicyclic) bond motifs is 2. The minimum atomic E-state index is -0.905. The van der Waals surface area contributed by atoms with Crippen LogP contribution in [0.4, 0.5) is 11.5 Å². The number of nitrogens with one attached hydrogen (secondary N) is 1. The Hall–Kier alpha value is -3.37. The van der Waals surface area contributed by atoms with Gasteiger partial charge in [0.1, 0.15) is 19.3 Å². The van der Waals surface area contributed by atoms with Crippen molar-refractivity contribution in [1.29, 1.82) is 0 Å². The first-order chi connectivity index (χ1) is 18.0. The molecule has 190 valence electrons. The van der Waals surface area contributed by atoms with Crippen LogP contribution in [0.2, 0.25) is 5.02 Å². The molecule has 10 heteroatoms. The van der Waals surface area contributed by atoms with E-state index in [4.69, 9.17) is 21.1 Å². The molecule has 1 fully saturated rings. The van der Waals surface area contributed by atoms with Crippen molar-refractivity contribution in [2.45, 2.75) is 25.1 Å². The van der Waals surface area contributed by atoms with E-state index in [1.807, 2.05) is 54.6 Å². The molecule has 37 heavy (non-hydrogen) atoms. The lowest BCUT2D eigenvalue weighted by atomic mass is 10.0. The lowest BCUT2D eigenvalue weighted by Gasteiger charge is -2.20. The van der Waals surface area contributed by atoms with Crippen molar-refractivity contribution in [3.8, 4) is 22.6 Å². The number of β-amino-alcohol motifs (C(OH)–C–C–N with tert-alkyl or cyclic N) is 1. The molecule has 3 N–H and O–H groups in total. The van der Waals surface area contributed by atoms with Gasteiger partial charge in [-0.3, -0.25) is 9.69 Å². The van der Waals surface area contributed by atoms with Gasteiger partial charge < -0.3 is 25.0 Å². The topological polar surface area (TPSA) is 104 Å². The van der Waals surface area contributed by atoms with Crippen molar-refractivity contribution >= 4 is 50.7 Å². The summed E-state index contributed by atoms with van der Waals surface area (Å²) in [5.41, 5.74) is 3.51. The molecule has 3 heterocycles. The van der Waals surface area contributed by atoms with E-state index in [2.05, 4.69) is 9.69 Å². The number of aromatic nitrogens is 1. The van der Waals surface area contributed by atoms with Crippen LogP contribution in [0.1, 0.15) is 12.0 Å². The number of hydrogen-bond acceptors (Lipinski definition) is 8. The van der Waals surface area contributed by atoms with Crippen LogP contribution in [0.15, 0.2) is 54.6 Å². The number of aliphatic hydroxyl groups is 1. The molecule has 0 bridgehead atoms. The fraction of sp³-hybridized carbons (Fsp3) is 0.259. The van der Waals surface area contributed by atoms with Gasteiger partial charge in [-0.05, 0) is 53.0 Å². The molecule has 1 saturated heterocycles. The van der Waals surface area contributed by atoms with Gasteiger partial charge in [-0.1, -0.05) is 35.9 Å². The van der Waals surface area contributed by atoms with Crippen LogP contribution in [0.3, 0.4) is 0 Å². The molecule has 6 rings (SSSR count). The number of rotatable bonds is 6. The monoisotopic (exact) mass is 537 g/mol. The number of benzene rings is 3. The Morgan fingerprint density at radius 2 is 1.97 bits per heavy atom. The maximum atomic E-state index is 11.6. The highest BCUT2D eigenvalue weighted by atomic mass is 35.5. The predicted octanol–water partition coefficient (Wildman–Crippen LogP) is 5.15. The van der Waals surface area contributed by atoms with Crippen molar-refractivity contribution in [3.63, 3.8) is 0 Å². The zero-order valence-electron chi connectivity index (χ0n) is 19.7. The first kappa shape index (κ1) is 24.0. The predicted molar refractivity (Wildman–Crippen MR) is 143 cm³/mol. The average molecular weight is 538 g/mol. The minimum absolute atomic E-state index is 0.248. The van der Waals surface area contributed by atoms with E-state index in [0.29, 0.717) is 42.9 Å². The van der Waals surface area contributed by atoms with Crippen molar-refractivity contribution in [2.24, 2.45) is 0 Å².